The molecular weight excluding hydrogens is 306 g/mol. The molecule has 3 atom stereocenters. The molecule has 1 aromatic carbocycles. The summed E-state index contributed by atoms with van der Waals surface area (Å²) in [6.07, 6.45) is 1.06. The van der Waals surface area contributed by atoms with Gasteiger partial charge in [0.25, 0.3) is 0 Å². The van der Waals surface area contributed by atoms with Crippen molar-refractivity contribution in [2.75, 3.05) is 33.2 Å². The number of hydrogen-bond acceptors (Lipinski definition) is 3. The second kappa shape index (κ2) is 6.89. The first-order chi connectivity index (χ1) is 12.1. The highest BCUT2D eigenvalue weighted by atomic mass is 15.2. The predicted molar refractivity (Wildman–Crippen MR) is 103 cm³/mol. The lowest BCUT2D eigenvalue weighted by Gasteiger charge is -2.28. The van der Waals surface area contributed by atoms with Gasteiger partial charge in [0.15, 0.2) is 0 Å². The van der Waals surface area contributed by atoms with Gasteiger partial charge < -0.3 is 4.90 Å². The lowest BCUT2D eigenvalue weighted by atomic mass is 9.88. The lowest BCUT2D eigenvalue weighted by Crippen LogP contribution is -2.30. The highest BCUT2D eigenvalue weighted by molar-refractivity contribution is 5.31. The predicted octanol–water partition coefficient (Wildman–Crippen LogP) is 3.48. The quantitative estimate of drug-likeness (QED) is 0.853. The second-order valence-electron chi connectivity index (χ2n) is 7.94. The van der Waals surface area contributed by atoms with E-state index in [-0.39, 0.29) is 0 Å². The van der Waals surface area contributed by atoms with Crippen molar-refractivity contribution in [3.63, 3.8) is 0 Å². The van der Waals surface area contributed by atoms with E-state index in [1.165, 1.54) is 36.5 Å². The van der Waals surface area contributed by atoms with Crippen LogP contribution in [0, 0.1) is 25.7 Å². The van der Waals surface area contributed by atoms with Gasteiger partial charge in [0.2, 0.25) is 0 Å². The maximum atomic E-state index is 4.66. The van der Waals surface area contributed by atoms with Crippen LogP contribution in [0.3, 0.4) is 0 Å². The number of hydrogen-bond donors (Lipinski definition) is 0. The molecule has 3 heteroatoms. The van der Waals surface area contributed by atoms with Crippen LogP contribution < -0.4 is 0 Å². The standard InChI is InChI=1S/C22H29N3/c1-16-7-4-5-10-20(16)22-21-15-25(14-18(21)13-24(22)3)12-11-19-9-6-8-17(2)23-19/h4-10,18,21-22H,11-15H2,1-3H3/t18-,21+,22+/m0/s1. The first-order valence-electron chi connectivity index (χ1n) is 9.52. The van der Waals surface area contributed by atoms with Crippen molar-refractivity contribution < 1.29 is 0 Å². The molecule has 0 amide bonds. The van der Waals surface area contributed by atoms with Gasteiger partial charge in [-0.1, -0.05) is 30.3 Å². The molecule has 4 rings (SSSR count). The molecule has 0 N–H and O–H groups in total. The van der Waals surface area contributed by atoms with Crippen LogP contribution in [0.25, 0.3) is 0 Å². The molecule has 0 spiro atoms. The Labute approximate surface area is 151 Å². The van der Waals surface area contributed by atoms with Crippen molar-refractivity contribution >= 4 is 0 Å². The van der Waals surface area contributed by atoms with E-state index in [0.29, 0.717) is 6.04 Å². The smallest absolute Gasteiger partial charge is 0.0419 e. The Morgan fingerprint density at radius 1 is 1.00 bits per heavy atom. The first-order valence-corrected chi connectivity index (χ1v) is 9.52. The fourth-order valence-corrected chi connectivity index (χ4v) is 4.93. The molecule has 2 aromatic rings. The Bertz CT molecular complexity index is 742. The summed E-state index contributed by atoms with van der Waals surface area (Å²) in [5, 5.41) is 0. The summed E-state index contributed by atoms with van der Waals surface area (Å²) < 4.78 is 0. The summed E-state index contributed by atoms with van der Waals surface area (Å²) in [7, 11) is 2.30. The van der Waals surface area contributed by atoms with E-state index in [4.69, 9.17) is 0 Å². The van der Waals surface area contributed by atoms with Crippen molar-refractivity contribution in [1.82, 2.24) is 14.8 Å². The normalized spacial score (nSPS) is 26.9. The van der Waals surface area contributed by atoms with Gasteiger partial charge in [-0.15, -0.1) is 0 Å². The molecular formula is C22H29N3. The van der Waals surface area contributed by atoms with Gasteiger partial charge in [-0.05, 0) is 56.0 Å². The minimum Gasteiger partial charge on any atom is -0.302 e. The monoisotopic (exact) mass is 335 g/mol. The van der Waals surface area contributed by atoms with Crippen molar-refractivity contribution in [2.24, 2.45) is 11.8 Å². The molecule has 0 unspecified atom stereocenters. The Morgan fingerprint density at radius 3 is 2.64 bits per heavy atom. The highest BCUT2D eigenvalue weighted by Gasteiger charge is 2.46. The molecule has 2 aliphatic heterocycles. The van der Waals surface area contributed by atoms with Gasteiger partial charge in [-0.3, -0.25) is 9.88 Å². The second-order valence-corrected chi connectivity index (χ2v) is 7.94. The molecule has 3 heterocycles. The number of fused-ring (bicyclic) bond motifs is 1. The Kier molecular flexibility index (Phi) is 4.61. The van der Waals surface area contributed by atoms with Gasteiger partial charge in [-0.25, -0.2) is 0 Å². The molecule has 2 saturated heterocycles. The number of rotatable bonds is 4. The van der Waals surface area contributed by atoms with Crippen LogP contribution in [-0.2, 0) is 6.42 Å². The third kappa shape index (κ3) is 3.36. The van der Waals surface area contributed by atoms with Crippen LogP contribution in [0.5, 0.6) is 0 Å². The van der Waals surface area contributed by atoms with Crippen LogP contribution in [0.1, 0.15) is 28.6 Å². The zero-order chi connectivity index (χ0) is 17.4. The fourth-order valence-electron chi connectivity index (χ4n) is 4.93. The largest absolute Gasteiger partial charge is 0.302 e. The van der Waals surface area contributed by atoms with Crippen molar-refractivity contribution in [1.29, 1.82) is 0 Å². The Hall–Kier alpha value is -1.71. The van der Waals surface area contributed by atoms with Crippen molar-refractivity contribution in [2.45, 2.75) is 26.3 Å². The van der Waals surface area contributed by atoms with E-state index in [2.05, 4.69) is 78.1 Å². The van der Waals surface area contributed by atoms with E-state index >= 15 is 0 Å². The summed E-state index contributed by atoms with van der Waals surface area (Å²) >= 11 is 0. The molecule has 0 saturated carbocycles. The van der Waals surface area contributed by atoms with Crippen LogP contribution in [0.4, 0.5) is 0 Å². The van der Waals surface area contributed by atoms with Crippen LogP contribution >= 0.6 is 0 Å². The Balaban J connectivity index is 1.43. The van der Waals surface area contributed by atoms with E-state index < -0.39 is 0 Å². The molecule has 132 valence electrons. The summed E-state index contributed by atoms with van der Waals surface area (Å²) in [5.41, 5.74) is 5.31. The summed E-state index contributed by atoms with van der Waals surface area (Å²) in [4.78, 5) is 9.90. The topological polar surface area (TPSA) is 19.4 Å². The molecule has 2 aliphatic rings. The Morgan fingerprint density at radius 2 is 1.84 bits per heavy atom. The lowest BCUT2D eigenvalue weighted by molar-refractivity contribution is 0.228. The maximum absolute atomic E-state index is 4.66. The fraction of sp³-hybridized carbons (Fsp3) is 0.500. The van der Waals surface area contributed by atoms with Gasteiger partial charge in [0.1, 0.15) is 0 Å². The van der Waals surface area contributed by atoms with E-state index in [1.54, 1.807) is 0 Å². The SMILES string of the molecule is Cc1cccc(CCN2C[C@@H]3CN(C)[C@H](c4ccccc4C)[C@@H]3C2)n1. The van der Waals surface area contributed by atoms with Crippen molar-refractivity contribution in [3.05, 3.63) is 65.0 Å². The van der Waals surface area contributed by atoms with E-state index in [0.717, 1.165) is 30.5 Å². The first kappa shape index (κ1) is 16.7. The van der Waals surface area contributed by atoms with Crippen LogP contribution in [-0.4, -0.2) is 48.0 Å². The molecule has 0 bridgehead atoms. The highest BCUT2D eigenvalue weighted by Crippen LogP contribution is 2.44. The number of pyridine rings is 1. The minimum atomic E-state index is 0.577. The number of aromatic nitrogens is 1. The average molecular weight is 335 g/mol. The van der Waals surface area contributed by atoms with Crippen molar-refractivity contribution in [3.8, 4) is 0 Å². The zero-order valence-corrected chi connectivity index (χ0v) is 15.7. The summed E-state index contributed by atoms with van der Waals surface area (Å²) in [6.45, 7) is 9.15. The van der Waals surface area contributed by atoms with E-state index in [9.17, 15) is 0 Å². The molecule has 0 aliphatic carbocycles. The summed E-state index contributed by atoms with van der Waals surface area (Å²) in [5.74, 6) is 1.57. The molecule has 25 heavy (non-hydrogen) atoms. The zero-order valence-electron chi connectivity index (χ0n) is 15.7. The van der Waals surface area contributed by atoms with Gasteiger partial charge in [0.05, 0.1) is 0 Å². The summed E-state index contributed by atoms with van der Waals surface area (Å²) in [6, 6.07) is 15.9. The number of likely N-dealkylation sites (tertiary alicyclic amines) is 2. The molecule has 0 radical (unpaired) electrons. The van der Waals surface area contributed by atoms with E-state index in [1.807, 2.05) is 0 Å². The minimum absolute atomic E-state index is 0.577. The molecule has 1 aromatic heterocycles. The third-order valence-electron chi connectivity index (χ3n) is 6.11. The molecule has 3 nitrogen and oxygen atoms in total. The van der Waals surface area contributed by atoms with Crippen LogP contribution in [0.15, 0.2) is 42.5 Å². The average Bonchev–Trinajstić information content (AvgIpc) is 3.10. The number of benzene rings is 1. The van der Waals surface area contributed by atoms with Gasteiger partial charge in [0, 0.05) is 50.0 Å². The third-order valence-corrected chi connectivity index (χ3v) is 6.11. The van der Waals surface area contributed by atoms with Crippen LogP contribution in [0.2, 0.25) is 0 Å². The van der Waals surface area contributed by atoms with Gasteiger partial charge in [-0.2, -0.15) is 0 Å². The van der Waals surface area contributed by atoms with Gasteiger partial charge >= 0.3 is 0 Å². The maximum Gasteiger partial charge on any atom is 0.0419 e. The number of nitrogens with zero attached hydrogens (tertiary/aromatic N) is 3. The molecule has 2 fully saturated rings. The number of aryl methyl sites for hydroxylation is 2.